The third kappa shape index (κ3) is 4.71. The van der Waals surface area contributed by atoms with Crippen molar-refractivity contribution in [2.75, 3.05) is 6.61 Å². The number of ether oxygens (including phenoxy) is 2. The number of thioether (sulfide) groups is 1. The van der Waals surface area contributed by atoms with Crippen LogP contribution in [0.15, 0.2) is 23.1 Å². The second-order valence-electron chi connectivity index (χ2n) is 6.58. The van der Waals surface area contributed by atoms with Crippen LogP contribution in [0.3, 0.4) is 0 Å². The molecule has 1 aromatic carbocycles. The molecule has 1 aliphatic carbocycles. The number of nitrogens with zero attached hydrogens (tertiary/aromatic N) is 1. The molecule has 0 spiro atoms. The van der Waals surface area contributed by atoms with Gasteiger partial charge in [-0.3, -0.25) is 14.5 Å². The van der Waals surface area contributed by atoms with Gasteiger partial charge in [0, 0.05) is 13.0 Å². The number of rotatable bonds is 5. The van der Waals surface area contributed by atoms with Crippen molar-refractivity contribution in [2.45, 2.75) is 52.0 Å². The van der Waals surface area contributed by atoms with E-state index in [-0.39, 0.29) is 11.9 Å². The van der Waals surface area contributed by atoms with Gasteiger partial charge in [-0.15, -0.1) is 0 Å². The molecule has 5 nitrogen and oxygen atoms in total. The maximum absolute atomic E-state index is 12.9. The Morgan fingerprint density at radius 3 is 2.70 bits per heavy atom. The lowest BCUT2D eigenvalue weighted by atomic mass is 9.94. The van der Waals surface area contributed by atoms with Crippen molar-refractivity contribution in [3.8, 4) is 11.5 Å². The average molecular weight is 406 g/mol. The van der Waals surface area contributed by atoms with Gasteiger partial charge in [-0.1, -0.05) is 49.3 Å². The Hall–Kier alpha value is -1.86. The number of carbonyl (C=O) groups is 2. The Kier molecular flexibility index (Phi) is 6.55. The van der Waals surface area contributed by atoms with Crippen molar-refractivity contribution in [2.24, 2.45) is 0 Å². The lowest BCUT2D eigenvalue weighted by molar-refractivity contribution is -0.132. The Morgan fingerprint density at radius 1 is 1.30 bits per heavy atom. The number of thiocarbonyl (C=S) groups is 1. The van der Waals surface area contributed by atoms with Crippen LogP contribution in [0.25, 0.3) is 6.08 Å². The predicted molar refractivity (Wildman–Crippen MR) is 111 cm³/mol. The third-order valence-corrected chi connectivity index (χ3v) is 5.91. The summed E-state index contributed by atoms with van der Waals surface area (Å²) < 4.78 is 11.4. The molecule has 1 aromatic rings. The van der Waals surface area contributed by atoms with Crippen LogP contribution >= 0.6 is 24.0 Å². The van der Waals surface area contributed by atoms with Crippen molar-refractivity contribution in [3.63, 3.8) is 0 Å². The monoisotopic (exact) mass is 405 g/mol. The quantitative estimate of drug-likeness (QED) is 0.310. The molecule has 1 saturated heterocycles. The molecule has 0 atom stereocenters. The van der Waals surface area contributed by atoms with E-state index in [2.05, 4.69) is 0 Å². The molecule has 1 saturated carbocycles. The van der Waals surface area contributed by atoms with Crippen LogP contribution in [-0.2, 0) is 9.59 Å². The predicted octanol–water partition coefficient (Wildman–Crippen LogP) is 4.54. The van der Waals surface area contributed by atoms with Crippen molar-refractivity contribution in [3.05, 3.63) is 28.7 Å². The van der Waals surface area contributed by atoms with Gasteiger partial charge >= 0.3 is 5.97 Å². The fraction of sp³-hybridized carbons (Fsp3) is 0.450. The summed E-state index contributed by atoms with van der Waals surface area (Å²) in [6.45, 7) is 3.65. The summed E-state index contributed by atoms with van der Waals surface area (Å²) in [6.07, 6.45) is 7.39. The van der Waals surface area contributed by atoms with Gasteiger partial charge < -0.3 is 9.47 Å². The van der Waals surface area contributed by atoms with Crippen LogP contribution in [0, 0.1) is 0 Å². The minimum atomic E-state index is -0.406. The number of amides is 1. The number of benzene rings is 1. The van der Waals surface area contributed by atoms with E-state index >= 15 is 0 Å². The molecule has 2 aliphatic rings. The van der Waals surface area contributed by atoms with Crippen molar-refractivity contribution in [1.82, 2.24) is 4.90 Å². The number of carbonyl (C=O) groups excluding carboxylic acids is 2. The Morgan fingerprint density at radius 2 is 2.04 bits per heavy atom. The summed E-state index contributed by atoms with van der Waals surface area (Å²) in [5.41, 5.74) is 0.804. The van der Waals surface area contributed by atoms with Gasteiger partial charge in [0.1, 0.15) is 4.32 Å². The minimum absolute atomic E-state index is 0.0149. The first kappa shape index (κ1) is 19.9. The van der Waals surface area contributed by atoms with Gasteiger partial charge in [0.15, 0.2) is 11.5 Å². The molecule has 1 heterocycles. The van der Waals surface area contributed by atoms with E-state index in [9.17, 15) is 9.59 Å². The highest BCUT2D eigenvalue weighted by atomic mass is 32.2. The van der Waals surface area contributed by atoms with Crippen LogP contribution in [0.1, 0.15) is 51.5 Å². The summed E-state index contributed by atoms with van der Waals surface area (Å²) in [4.78, 5) is 26.5. The van der Waals surface area contributed by atoms with Crippen LogP contribution in [0.5, 0.6) is 11.5 Å². The molecular weight excluding hydrogens is 382 g/mol. The molecule has 144 valence electrons. The summed E-state index contributed by atoms with van der Waals surface area (Å²) in [5, 5.41) is 0. The molecule has 0 N–H and O–H groups in total. The summed E-state index contributed by atoms with van der Waals surface area (Å²) in [7, 11) is 0. The molecule has 0 bridgehead atoms. The zero-order valence-corrected chi connectivity index (χ0v) is 17.2. The van der Waals surface area contributed by atoms with Crippen LogP contribution in [-0.4, -0.2) is 33.7 Å². The second-order valence-corrected chi connectivity index (χ2v) is 8.25. The number of hydrogen-bond donors (Lipinski definition) is 0. The Bertz CT molecular complexity index is 784. The number of hydrogen-bond acceptors (Lipinski definition) is 6. The first-order chi connectivity index (χ1) is 13.0. The smallest absolute Gasteiger partial charge is 0.308 e. The summed E-state index contributed by atoms with van der Waals surface area (Å²) in [5.74, 6) is 0.427. The maximum Gasteiger partial charge on any atom is 0.308 e. The molecule has 0 unspecified atom stereocenters. The molecule has 0 radical (unpaired) electrons. The van der Waals surface area contributed by atoms with Crippen molar-refractivity contribution < 1.29 is 19.1 Å². The molecular formula is C20H23NO4S2. The van der Waals surface area contributed by atoms with Crippen molar-refractivity contribution in [1.29, 1.82) is 0 Å². The van der Waals surface area contributed by atoms with E-state index in [0.717, 1.165) is 31.2 Å². The molecule has 1 amide bonds. The van der Waals surface area contributed by atoms with Gasteiger partial charge in [-0.2, -0.15) is 0 Å². The molecule has 2 fully saturated rings. The summed E-state index contributed by atoms with van der Waals surface area (Å²) >= 11 is 6.82. The lowest BCUT2D eigenvalue weighted by Gasteiger charge is -2.29. The van der Waals surface area contributed by atoms with Crippen LogP contribution in [0.4, 0.5) is 0 Å². The standard InChI is InChI=1S/C20H23NO4S2/c1-3-24-17-11-14(9-10-16(17)25-13(2)22)12-18-19(23)21(20(26)27-18)15-7-5-4-6-8-15/h9-12,15H,3-8H2,1-2H3/b18-12-. The normalized spacial score (nSPS) is 19.6. The molecule has 27 heavy (non-hydrogen) atoms. The molecule has 0 aromatic heterocycles. The van der Waals surface area contributed by atoms with Crippen molar-refractivity contribution >= 4 is 46.3 Å². The van der Waals surface area contributed by atoms with E-state index in [0.29, 0.717) is 27.3 Å². The topological polar surface area (TPSA) is 55.8 Å². The minimum Gasteiger partial charge on any atom is -0.490 e. The SMILES string of the molecule is CCOc1cc(/C=C2\SC(=S)N(C3CCCCC3)C2=O)ccc1OC(C)=O. The fourth-order valence-electron chi connectivity index (χ4n) is 3.41. The lowest BCUT2D eigenvalue weighted by Crippen LogP contribution is -2.39. The van der Waals surface area contributed by atoms with E-state index in [1.807, 2.05) is 13.0 Å². The van der Waals surface area contributed by atoms with Gasteiger partial charge in [0.25, 0.3) is 5.91 Å². The van der Waals surface area contributed by atoms with Gasteiger partial charge in [0.05, 0.1) is 11.5 Å². The number of esters is 1. The van der Waals surface area contributed by atoms with E-state index in [4.69, 9.17) is 21.7 Å². The van der Waals surface area contributed by atoms with Crippen LogP contribution in [0.2, 0.25) is 0 Å². The molecule has 1 aliphatic heterocycles. The molecule has 3 rings (SSSR count). The van der Waals surface area contributed by atoms with E-state index in [1.165, 1.54) is 25.1 Å². The van der Waals surface area contributed by atoms with E-state index < -0.39 is 5.97 Å². The second kappa shape index (κ2) is 8.89. The van der Waals surface area contributed by atoms with Gasteiger partial charge in [0.2, 0.25) is 0 Å². The first-order valence-corrected chi connectivity index (χ1v) is 10.4. The zero-order valence-electron chi connectivity index (χ0n) is 15.5. The maximum atomic E-state index is 12.9. The van der Waals surface area contributed by atoms with E-state index in [1.54, 1.807) is 23.1 Å². The first-order valence-electron chi connectivity index (χ1n) is 9.22. The third-order valence-electron chi connectivity index (χ3n) is 4.58. The largest absolute Gasteiger partial charge is 0.490 e. The van der Waals surface area contributed by atoms with Gasteiger partial charge in [-0.25, -0.2) is 0 Å². The Balaban J connectivity index is 1.83. The fourth-order valence-corrected chi connectivity index (χ4v) is 4.81. The highest BCUT2D eigenvalue weighted by Gasteiger charge is 2.37. The highest BCUT2D eigenvalue weighted by molar-refractivity contribution is 8.26. The molecule has 7 heteroatoms. The average Bonchev–Trinajstić information content (AvgIpc) is 2.91. The Labute approximate surface area is 169 Å². The van der Waals surface area contributed by atoms with Crippen LogP contribution < -0.4 is 9.47 Å². The summed E-state index contributed by atoms with van der Waals surface area (Å²) in [6, 6.07) is 5.48. The van der Waals surface area contributed by atoms with Gasteiger partial charge in [-0.05, 0) is 43.5 Å². The highest BCUT2D eigenvalue weighted by Crippen LogP contribution is 2.38. The zero-order chi connectivity index (χ0) is 19.4.